The van der Waals surface area contributed by atoms with Crippen molar-refractivity contribution in [2.45, 2.75) is 73.2 Å². The Labute approximate surface area is 348 Å². The number of aromatic hydroxyl groups is 2. The molecule has 2 fully saturated rings. The van der Waals surface area contributed by atoms with E-state index in [-0.39, 0.29) is 44.9 Å². The first-order valence-electron chi connectivity index (χ1n) is 19.0. The van der Waals surface area contributed by atoms with Gasteiger partial charge in [0.1, 0.15) is 71.8 Å². The first kappa shape index (κ1) is 42.6. The molecule has 20 nitrogen and oxygen atoms in total. The SMILES string of the molecule is O=C(O)c1cc(O)c2c(c1)[C@@H]([C@@H]1c3cc(C(=O)O)cc(O)c3C(=O)c3c(O[C@@H]4O[C@H](CO)[C@@H](O)[C@H](O)[C@H]4O)cccc31)c1cccc(O[C@@H]3O[C@H](CO)[C@@H](O)[C@H](O)[C@H]3O)c1C2=O. The van der Waals surface area contributed by atoms with E-state index >= 15 is 0 Å². The molecule has 0 aromatic heterocycles. The number of carbonyl (C=O) groups is 4. The second-order valence-electron chi connectivity index (χ2n) is 15.2. The molecule has 8 rings (SSSR count). The predicted octanol–water partition coefficient (Wildman–Crippen LogP) is -1.10. The smallest absolute Gasteiger partial charge is 0.335 e. The van der Waals surface area contributed by atoms with Crippen LogP contribution in [-0.2, 0) is 9.47 Å². The van der Waals surface area contributed by atoms with Crippen molar-refractivity contribution >= 4 is 23.5 Å². The topological polar surface area (TPSA) is 348 Å². The zero-order valence-electron chi connectivity index (χ0n) is 31.7. The van der Waals surface area contributed by atoms with Crippen molar-refractivity contribution in [3.05, 3.63) is 116 Å². The number of aliphatic hydroxyl groups is 8. The van der Waals surface area contributed by atoms with Gasteiger partial charge in [0.25, 0.3) is 0 Å². The average molecular weight is 863 g/mol. The number of phenols is 2. The van der Waals surface area contributed by atoms with E-state index in [0.717, 1.165) is 24.3 Å². The van der Waals surface area contributed by atoms with Crippen LogP contribution < -0.4 is 9.47 Å². The fourth-order valence-electron chi connectivity index (χ4n) is 8.71. The normalized spacial score (nSPS) is 30.1. The maximum atomic E-state index is 14.7. The number of carbonyl (C=O) groups excluding carboxylic acids is 2. The lowest BCUT2D eigenvalue weighted by molar-refractivity contribution is -0.277. The Morgan fingerprint density at radius 3 is 1.23 bits per heavy atom. The number of phenolic OH excluding ortho intramolecular Hbond substituents is 2. The summed E-state index contributed by atoms with van der Waals surface area (Å²) in [7, 11) is 0. The minimum atomic E-state index is -1.94. The molecule has 4 aromatic rings. The number of rotatable bonds is 9. The average Bonchev–Trinajstić information content (AvgIpc) is 3.24. The third-order valence-corrected chi connectivity index (χ3v) is 11.7. The largest absolute Gasteiger partial charge is 0.507 e. The molecule has 0 amide bonds. The highest BCUT2D eigenvalue weighted by Gasteiger charge is 2.50. The molecule has 0 spiro atoms. The van der Waals surface area contributed by atoms with Gasteiger partial charge in [-0.2, -0.15) is 0 Å². The fourth-order valence-corrected chi connectivity index (χ4v) is 8.71. The molecule has 326 valence electrons. The Hall–Kier alpha value is -6.04. The molecule has 0 unspecified atom stereocenters. The van der Waals surface area contributed by atoms with Crippen LogP contribution in [0, 0.1) is 0 Å². The Morgan fingerprint density at radius 2 is 0.887 bits per heavy atom. The molecule has 12 atom stereocenters. The molecule has 4 aromatic carbocycles. The summed E-state index contributed by atoms with van der Waals surface area (Å²) in [6.07, 6.45) is -17.7. The van der Waals surface area contributed by atoms with Gasteiger partial charge in [-0.25, -0.2) is 9.59 Å². The molecule has 0 saturated carbocycles. The highest BCUT2D eigenvalue weighted by molar-refractivity contribution is 6.18. The van der Waals surface area contributed by atoms with Crippen molar-refractivity contribution in [3.63, 3.8) is 0 Å². The Balaban J connectivity index is 1.38. The highest BCUT2D eigenvalue weighted by atomic mass is 16.7. The fraction of sp³-hybridized carbons (Fsp3) is 0.333. The van der Waals surface area contributed by atoms with Gasteiger partial charge < -0.3 is 80.2 Å². The number of fused-ring (bicyclic) bond motifs is 4. The summed E-state index contributed by atoms with van der Waals surface area (Å²) in [5.41, 5.74) is -2.87. The number of carboxylic acids is 2. The molecular formula is C42H38O20. The van der Waals surface area contributed by atoms with Crippen LogP contribution in [0.4, 0.5) is 0 Å². The van der Waals surface area contributed by atoms with Crippen molar-refractivity contribution in [2.75, 3.05) is 13.2 Å². The van der Waals surface area contributed by atoms with Gasteiger partial charge in [0.2, 0.25) is 24.1 Å². The first-order valence-corrected chi connectivity index (χ1v) is 19.0. The van der Waals surface area contributed by atoms with E-state index in [4.69, 9.17) is 18.9 Å². The van der Waals surface area contributed by atoms with Crippen LogP contribution >= 0.6 is 0 Å². The standard InChI is InChI=1S/C42H38O20/c43-11-23-31(47)35(51)37(53)41(61-23)59-21-5-1-3-15-25(17-7-13(39(55)56)9-19(45)27(17)33(49)29(15)21)26-16-4-2-6-22(60-42-38(54)36(52)32(48)24(12-44)62-42)30(16)34(50)28-18(26)8-14(40(57)58)10-20(28)46/h1-10,23-26,31-32,35-38,41-48,51-54H,11-12H2,(H,55,56)(H,57,58)/t23-,24-,25+,26+,31-,32-,35+,36+,37-,38-,41-,42-/m1/s1. The number of aromatic carboxylic acids is 2. The third-order valence-electron chi connectivity index (χ3n) is 11.7. The number of ketones is 2. The number of hydrogen-bond donors (Lipinski definition) is 12. The second-order valence-corrected chi connectivity index (χ2v) is 15.2. The molecular weight excluding hydrogens is 824 g/mol. The van der Waals surface area contributed by atoms with Gasteiger partial charge >= 0.3 is 11.9 Å². The van der Waals surface area contributed by atoms with Crippen LogP contribution in [0.5, 0.6) is 23.0 Å². The van der Waals surface area contributed by atoms with E-state index in [1.165, 1.54) is 36.4 Å². The van der Waals surface area contributed by atoms with Crippen molar-refractivity contribution in [3.8, 4) is 23.0 Å². The quantitative estimate of drug-likeness (QED) is 0.0950. The van der Waals surface area contributed by atoms with Crippen LogP contribution in [0.3, 0.4) is 0 Å². The van der Waals surface area contributed by atoms with E-state index in [0.29, 0.717) is 0 Å². The molecule has 2 heterocycles. The van der Waals surface area contributed by atoms with Crippen LogP contribution in [0.15, 0.2) is 60.7 Å². The van der Waals surface area contributed by atoms with Gasteiger partial charge in [-0.15, -0.1) is 0 Å². The second kappa shape index (κ2) is 16.0. The number of benzene rings is 4. The number of carboxylic acid groups (broad SMARTS) is 2. The lowest BCUT2D eigenvalue weighted by Crippen LogP contribution is -2.60. The van der Waals surface area contributed by atoms with Crippen molar-refractivity contribution < 1.29 is 99.4 Å². The van der Waals surface area contributed by atoms with Gasteiger partial charge in [-0.1, -0.05) is 24.3 Å². The minimum absolute atomic E-state index is 0.00301. The molecule has 12 N–H and O–H groups in total. The van der Waals surface area contributed by atoms with Crippen LogP contribution in [-0.4, -0.2) is 159 Å². The van der Waals surface area contributed by atoms with Crippen LogP contribution in [0.2, 0.25) is 0 Å². The summed E-state index contributed by atoms with van der Waals surface area (Å²) in [6, 6.07) is 11.9. The molecule has 20 heteroatoms. The predicted molar refractivity (Wildman–Crippen MR) is 202 cm³/mol. The first-order chi connectivity index (χ1) is 29.5. The summed E-state index contributed by atoms with van der Waals surface area (Å²) in [4.78, 5) is 54.2. The van der Waals surface area contributed by atoms with Crippen LogP contribution in [0.1, 0.15) is 86.6 Å². The Kier molecular flexibility index (Phi) is 11.0. The summed E-state index contributed by atoms with van der Waals surface area (Å²) in [5, 5.41) is 126. The number of ether oxygens (including phenoxy) is 4. The van der Waals surface area contributed by atoms with Crippen molar-refractivity contribution in [1.82, 2.24) is 0 Å². The zero-order chi connectivity index (χ0) is 44.6. The van der Waals surface area contributed by atoms with E-state index in [1.54, 1.807) is 0 Å². The Bertz CT molecular complexity index is 2330. The van der Waals surface area contributed by atoms with E-state index in [9.17, 15) is 80.5 Å². The molecule has 2 saturated heterocycles. The maximum Gasteiger partial charge on any atom is 0.335 e. The minimum Gasteiger partial charge on any atom is -0.507 e. The van der Waals surface area contributed by atoms with E-state index in [2.05, 4.69) is 0 Å². The lowest BCUT2D eigenvalue weighted by atomic mass is 9.63. The summed E-state index contributed by atoms with van der Waals surface area (Å²) in [5.74, 6) is -10.1. The highest BCUT2D eigenvalue weighted by Crippen LogP contribution is 2.56. The van der Waals surface area contributed by atoms with Crippen molar-refractivity contribution in [1.29, 1.82) is 0 Å². The number of hydrogen-bond acceptors (Lipinski definition) is 18. The molecule has 0 bridgehead atoms. The lowest BCUT2D eigenvalue weighted by Gasteiger charge is -2.41. The maximum absolute atomic E-state index is 14.7. The summed E-state index contributed by atoms with van der Waals surface area (Å²) < 4.78 is 23.0. The Morgan fingerprint density at radius 1 is 0.516 bits per heavy atom. The van der Waals surface area contributed by atoms with Gasteiger partial charge in [0.05, 0.1) is 46.6 Å². The van der Waals surface area contributed by atoms with Gasteiger partial charge in [-0.3, -0.25) is 9.59 Å². The van der Waals surface area contributed by atoms with Gasteiger partial charge in [0.15, 0.2) is 0 Å². The van der Waals surface area contributed by atoms with E-state index < -0.39 is 144 Å². The van der Waals surface area contributed by atoms with Crippen molar-refractivity contribution in [2.24, 2.45) is 0 Å². The van der Waals surface area contributed by atoms with Gasteiger partial charge in [0, 0.05) is 11.8 Å². The molecule has 4 aliphatic rings. The van der Waals surface area contributed by atoms with Gasteiger partial charge in [-0.05, 0) is 58.7 Å². The van der Waals surface area contributed by atoms with E-state index in [1.807, 2.05) is 0 Å². The molecule has 2 aliphatic carbocycles. The monoisotopic (exact) mass is 862 g/mol. The third kappa shape index (κ3) is 6.73. The zero-order valence-corrected chi connectivity index (χ0v) is 31.7. The summed E-state index contributed by atoms with van der Waals surface area (Å²) >= 11 is 0. The van der Waals surface area contributed by atoms with Crippen LogP contribution in [0.25, 0.3) is 0 Å². The number of aliphatic hydroxyl groups excluding tert-OH is 8. The summed E-state index contributed by atoms with van der Waals surface area (Å²) in [6.45, 7) is -1.64. The molecule has 2 aliphatic heterocycles. The molecule has 0 radical (unpaired) electrons. The molecule has 62 heavy (non-hydrogen) atoms.